The van der Waals surface area contributed by atoms with Crippen molar-refractivity contribution in [1.29, 1.82) is 0 Å². The van der Waals surface area contributed by atoms with Gasteiger partial charge >= 0.3 is 0 Å². The van der Waals surface area contributed by atoms with Crippen molar-refractivity contribution in [2.75, 3.05) is 19.0 Å². The lowest BCUT2D eigenvalue weighted by molar-refractivity contribution is 0.589. The molecule has 2 N–H and O–H groups in total. The summed E-state index contributed by atoms with van der Waals surface area (Å²) in [6.07, 6.45) is 1.71. The molecule has 2 aromatic heterocycles. The Morgan fingerprint density at radius 3 is 2.48 bits per heavy atom. The third-order valence-electron chi connectivity index (χ3n) is 4.37. The lowest BCUT2D eigenvalue weighted by Crippen LogP contribution is -2.16. The Morgan fingerprint density at radius 2 is 1.78 bits per heavy atom. The summed E-state index contributed by atoms with van der Waals surface area (Å²) in [6, 6.07) is 10.3. The van der Waals surface area contributed by atoms with Gasteiger partial charge in [0.2, 0.25) is 0 Å². The zero-order chi connectivity index (χ0) is 19.1. The Kier molecular flexibility index (Phi) is 3.99. The van der Waals surface area contributed by atoms with Gasteiger partial charge in [-0.05, 0) is 29.8 Å². The smallest absolute Gasteiger partial charge is 0.253 e. The molecule has 27 heavy (non-hydrogen) atoms. The number of hydrogen-bond donors (Lipinski definition) is 2. The van der Waals surface area contributed by atoms with Crippen LogP contribution in [0, 0.1) is 11.6 Å². The minimum absolute atomic E-state index is 0.0879. The van der Waals surface area contributed by atoms with Gasteiger partial charge in [0.25, 0.3) is 5.56 Å². The van der Waals surface area contributed by atoms with Crippen LogP contribution in [-0.4, -0.2) is 29.0 Å². The summed E-state index contributed by atoms with van der Waals surface area (Å²) >= 11 is 0. The van der Waals surface area contributed by atoms with Crippen LogP contribution in [0.15, 0.2) is 53.5 Å². The highest BCUT2D eigenvalue weighted by Gasteiger charge is 2.15. The monoisotopic (exact) mass is 366 g/mol. The number of hydrogen-bond acceptors (Lipinski definition) is 3. The molecule has 136 valence electrons. The quantitative estimate of drug-likeness (QED) is 0.577. The predicted octanol–water partition coefficient (Wildman–Crippen LogP) is 3.93. The number of H-pyrrole nitrogens is 2. The lowest BCUT2D eigenvalue weighted by atomic mass is 10.0. The van der Waals surface area contributed by atoms with Crippen LogP contribution in [0.2, 0.25) is 0 Å². The number of anilines is 1. The van der Waals surface area contributed by atoms with E-state index in [1.807, 2.05) is 0 Å². The van der Waals surface area contributed by atoms with Gasteiger partial charge < -0.3 is 14.9 Å². The maximum atomic E-state index is 14.2. The van der Waals surface area contributed by atoms with E-state index >= 15 is 0 Å². The van der Waals surface area contributed by atoms with Crippen LogP contribution in [0.25, 0.3) is 33.4 Å². The fourth-order valence-corrected chi connectivity index (χ4v) is 3.05. The van der Waals surface area contributed by atoms with E-state index in [1.165, 1.54) is 24.3 Å². The molecule has 5 nitrogen and oxygen atoms in total. The number of aromatic amines is 2. The van der Waals surface area contributed by atoms with Crippen LogP contribution < -0.4 is 10.5 Å². The maximum Gasteiger partial charge on any atom is 0.253 e. The topological polar surface area (TPSA) is 64.8 Å². The van der Waals surface area contributed by atoms with Gasteiger partial charge in [-0.15, -0.1) is 0 Å². The molecule has 0 bridgehead atoms. The molecule has 2 heterocycles. The third kappa shape index (κ3) is 2.97. The maximum absolute atomic E-state index is 14.2. The Balaban J connectivity index is 1.93. The minimum Gasteiger partial charge on any atom is -0.363 e. The first kappa shape index (κ1) is 17.0. The first-order valence-electron chi connectivity index (χ1n) is 8.28. The lowest BCUT2D eigenvalue weighted by Gasteiger charge is -2.11. The van der Waals surface area contributed by atoms with E-state index in [9.17, 15) is 13.6 Å². The molecule has 4 rings (SSSR count). The van der Waals surface area contributed by atoms with E-state index < -0.39 is 11.6 Å². The summed E-state index contributed by atoms with van der Waals surface area (Å²) in [4.78, 5) is 24.0. The second kappa shape index (κ2) is 6.35. The highest BCUT2D eigenvalue weighted by molar-refractivity contribution is 5.96. The van der Waals surface area contributed by atoms with Gasteiger partial charge in [-0.3, -0.25) is 4.79 Å². The first-order chi connectivity index (χ1) is 12.9. The van der Waals surface area contributed by atoms with E-state index in [2.05, 4.69) is 15.0 Å². The Hall–Kier alpha value is -3.48. The molecule has 0 saturated heterocycles. The van der Waals surface area contributed by atoms with Crippen molar-refractivity contribution >= 4 is 16.7 Å². The number of aromatic nitrogens is 3. The molecule has 4 aromatic rings. The number of fused-ring (bicyclic) bond motifs is 1. The molecule has 7 heteroatoms. The van der Waals surface area contributed by atoms with Crippen LogP contribution in [0.3, 0.4) is 0 Å². The van der Waals surface area contributed by atoms with Gasteiger partial charge in [-0.2, -0.15) is 0 Å². The second-order valence-electron chi connectivity index (χ2n) is 6.41. The van der Waals surface area contributed by atoms with Gasteiger partial charge in [-0.25, -0.2) is 13.8 Å². The van der Waals surface area contributed by atoms with Gasteiger partial charge in [-0.1, -0.05) is 12.1 Å². The van der Waals surface area contributed by atoms with Gasteiger partial charge in [0.15, 0.2) is 0 Å². The van der Waals surface area contributed by atoms with Gasteiger partial charge in [0, 0.05) is 42.8 Å². The molecule has 0 radical (unpaired) electrons. The van der Waals surface area contributed by atoms with Crippen molar-refractivity contribution in [3.8, 4) is 22.5 Å². The predicted molar refractivity (Wildman–Crippen MR) is 102 cm³/mol. The van der Waals surface area contributed by atoms with E-state index in [0.717, 1.165) is 5.52 Å². The molecule has 0 aliphatic carbocycles. The van der Waals surface area contributed by atoms with Crippen molar-refractivity contribution < 1.29 is 8.78 Å². The van der Waals surface area contributed by atoms with Crippen molar-refractivity contribution in [2.24, 2.45) is 0 Å². The van der Waals surface area contributed by atoms with E-state index in [1.54, 1.807) is 43.4 Å². The highest BCUT2D eigenvalue weighted by Crippen LogP contribution is 2.32. The normalized spacial score (nSPS) is 11.1. The van der Waals surface area contributed by atoms with Crippen LogP contribution in [-0.2, 0) is 0 Å². The highest BCUT2D eigenvalue weighted by atomic mass is 19.1. The molecule has 0 atom stereocenters. The van der Waals surface area contributed by atoms with Crippen LogP contribution in [0.5, 0.6) is 0 Å². The SMILES string of the molecule is CN(C)c1cc(=O)[nH]c(-c2c[nH]c3ccc(-c4c(F)cccc4F)cc23)n1. The van der Waals surface area contributed by atoms with Gasteiger partial charge in [0.1, 0.15) is 23.3 Å². The Morgan fingerprint density at radius 1 is 1.04 bits per heavy atom. The summed E-state index contributed by atoms with van der Waals surface area (Å²) in [7, 11) is 3.58. The molecule has 0 amide bonds. The Labute approximate surface area is 153 Å². The molecule has 0 aliphatic heterocycles. The number of halogens is 2. The summed E-state index contributed by atoms with van der Waals surface area (Å²) in [6.45, 7) is 0. The molecule has 0 saturated carbocycles. The average Bonchev–Trinajstić information content (AvgIpc) is 3.04. The number of rotatable bonds is 3. The van der Waals surface area contributed by atoms with E-state index in [4.69, 9.17) is 0 Å². The third-order valence-corrected chi connectivity index (χ3v) is 4.37. The summed E-state index contributed by atoms with van der Waals surface area (Å²) in [5.74, 6) is -0.372. The second-order valence-corrected chi connectivity index (χ2v) is 6.41. The standard InChI is InChI=1S/C20H16F2N4O/c1-26(2)17-9-18(27)25-20(24-17)13-10-23-16-7-6-11(8-12(13)16)19-14(21)4-3-5-15(19)22/h3-10,23H,1-2H3,(H,24,25,27). The number of benzene rings is 2. The summed E-state index contributed by atoms with van der Waals surface area (Å²) in [5, 5.41) is 0.703. The van der Waals surface area contributed by atoms with Crippen molar-refractivity contribution in [3.63, 3.8) is 0 Å². The summed E-state index contributed by atoms with van der Waals surface area (Å²) < 4.78 is 28.3. The average molecular weight is 366 g/mol. The van der Waals surface area contributed by atoms with E-state index in [0.29, 0.717) is 28.2 Å². The molecule has 0 spiro atoms. The molecular formula is C20H16F2N4O. The number of nitrogens with zero attached hydrogens (tertiary/aromatic N) is 2. The minimum atomic E-state index is -0.632. The fraction of sp³-hybridized carbons (Fsp3) is 0.100. The molecular weight excluding hydrogens is 350 g/mol. The largest absolute Gasteiger partial charge is 0.363 e. The van der Waals surface area contributed by atoms with Crippen LogP contribution in [0.4, 0.5) is 14.6 Å². The van der Waals surface area contributed by atoms with Crippen molar-refractivity contribution in [3.05, 3.63) is 70.6 Å². The molecule has 2 aromatic carbocycles. The fourth-order valence-electron chi connectivity index (χ4n) is 3.05. The van der Waals surface area contributed by atoms with Crippen LogP contribution >= 0.6 is 0 Å². The van der Waals surface area contributed by atoms with Crippen LogP contribution in [0.1, 0.15) is 0 Å². The van der Waals surface area contributed by atoms with Crippen molar-refractivity contribution in [2.45, 2.75) is 0 Å². The molecule has 0 fully saturated rings. The molecule has 0 aliphatic rings. The zero-order valence-corrected chi connectivity index (χ0v) is 14.7. The van der Waals surface area contributed by atoms with E-state index in [-0.39, 0.29) is 11.1 Å². The zero-order valence-electron chi connectivity index (χ0n) is 14.7. The number of nitrogens with one attached hydrogen (secondary N) is 2. The Bertz CT molecular complexity index is 1190. The summed E-state index contributed by atoms with van der Waals surface area (Å²) in [5.41, 5.74) is 1.45. The van der Waals surface area contributed by atoms with Gasteiger partial charge in [0.05, 0.1) is 5.56 Å². The molecule has 0 unspecified atom stereocenters. The van der Waals surface area contributed by atoms with Crippen molar-refractivity contribution in [1.82, 2.24) is 15.0 Å². The first-order valence-corrected chi connectivity index (χ1v) is 8.28.